The maximum atomic E-state index is 5.53. The molecule has 3 rings (SSSR count). The molecule has 0 fully saturated rings. The second kappa shape index (κ2) is 8.49. The van der Waals surface area contributed by atoms with E-state index in [4.69, 9.17) is 9.47 Å². The van der Waals surface area contributed by atoms with Crippen LogP contribution in [0.2, 0.25) is 0 Å². The smallest absolute Gasteiger partial charge is 0.161 e. The molecule has 3 aromatic rings. The zero-order valence-electron chi connectivity index (χ0n) is 16.2. The fraction of sp³-hybridized carbons (Fsp3) is 0.217. The van der Waals surface area contributed by atoms with Gasteiger partial charge in [-0.15, -0.1) is 0 Å². The number of ether oxygens (including phenoxy) is 2. The largest absolute Gasteiger partial charge is 0.493 e. The van der Waals surface area contributed by atoms with Crippen molar-refractivity contribution in [2.24, 2.45) is 0 Å². The third-order valence-electron chi connectivity index (χ3n) is 4.81. The lowest BCUT2D eigenvalue weighted by Crippen LogP contribution is -2.05. The van der Waals surface area contributed by atoms with Gasteiger partial charge in [-0.3, -0.25) is 0 Å². The maximum Gasteiger partial charge on any atom is 0.161 e. The number of rotatable bonds is 7. The molecule has 0 aliphatic rings. The van der Waals surface area contributed by atoms with Crippen molar-refractivity contribution < 1.29 is 9.47 Å². The van der Waals surface area contributed by atoms with Gasteiger partial charge in [0.15, 0.2) is 11.5 Å². The van der Waals surface area contributed by atoms with Crippen molar-refractivity contribution >= 4 is 11.4 Å². The number of methoxy groups -OCH3 is 2. The summed E-state index contributed by atoms with van der Waals surface area (Å²) < 4.78 is 10.9. The average molecular weight is 362 g/mol. The molecule has 0 atom stereocenters. The van der Waals surface area contributed by atoms with E-state index >= 15 is 0 Å². The Hall–Kier alpha value is -3.14. The molecule has 0 aliphatic carbocycles. The topological polar surface area (TPSA) is 42.5 Å². The molecule has 4 nitrogen and oxygen atoms in total. The molecule has 0 amide bonds. The van der Waals surface area contributed by atoms with Gasteiger partial charge >= 0.3 is 0 Å². The van der Waals surface area contributed by atoms with E-state index in [0.29, 0.717) is 0 Å². The van der Waals surface area contributed by atoms with E-state index in [9.17, 15) is 0 Å². The lowest BCUT2D eigenvalue weighted by molar-refractivity contribution is 0.354. The maximum absolute atomic E-state index is 5.53. The molecule has 3 aromatic carbocycles. The Bertz CT molecular complexity index is 826. The van der Waals surface area contributed by atoms with Crippen molar-refractivity contribution in [3.05, 3.63) is 83.4 Å². The summed E-state index contributed by atoms with van der Waals surface area (Å²) in [6, 6.07) is 23.2. The number of hydrogen-bond acceptors (Lipinski definition) is 4. The molecule has 0 heterocycles. The monoisotopic (exact) mass is 362 g/mol. The van der Waals surface area contributed by atoms with E-state index in [1.165, 1.54) is 11.1 Å². The van der Waals surface area contributed by atoms with E-state index in [1.807, 2.05) is 20.2 Å². The number of hydrogen-bond donors (Lipinski definition) is 2. The highest BCUT2D eigenvalue weighted by atomic mass is 16.5. The zero-order valence-corrected chi connectivity index (χ0v) is 16.2. The number of benzene rings is 3. The van der Waals surface area contributed by atoms with Crippen molar-refractivity contribution in [3.63, 3.8) is 0 Å². The van der Waals surface area contributed by atoms with Crippen molar-refractivity contribution in [1.29, 1.82) is 0 Å². The minimum Gasteiger partial charge on any atom is -0.493 e. The third-order valence-corrected chi connectivity index (χ3v) is 4.81. The van der Waals surface area contributed by atoms with Crippen LogP contribution in [-0.2, 0) is 0 Å². The summed E-state index contributed by atoms with van der Waals surface area (Å²) in [4.78, 5) is 0. The van der Waals surface area contributed by atoms with Crippen LogP contribution in [0.3, 0.4) is 0 Å². The molecular weight excluding hydrogens is 336 g/mol. The third kappa shape index (κ3) is 4.00. The average Bonchev–Trinajstić information content (AvgIpc) is 2.74. The van der Waals surface area contributed by atoms with Gasteiger partial charge in [-0.05, 0) is 53.1 Å². The molecule has 0 saturated carbocycles. The van der Waals surface area contributed by atoms with E-state index in [-0.39, 0.29) is 5.92 Å². The zero-order chi connectivity index (χ0) is 19.2. The van der Waals surface area contributed by atoms with Gasteiger partial charge in [0.1, 0.15) is 0 Å². The van der Waals surface area contributed by atoms with Crippen LogP contribution in [0.5, 0.6) is 11.5 Å². The van der Waals surface area contributed by atoms with Gasteiger partial charge in [-0.25, -0.2) is 0 Å². The summed E-state index contributed by atoms with van der Waals surface area (Å²) in [6.07, 6.45) is 0. The molecular formula is C23H26N2O2. The van der Waals surface area contributed by atoms with E-state index in [0.717, 1.165) is 28.4 Å². The Morgan fingerprint density at radius 3 is 1.44 bits per heavy atom. The molecule has 0 unspecified atom stereocenters. The molecule has 2 N–H and O–H groups in total. The Balaban J connectivity index is 2.10. The minimum atomic E-state index is 0.0987. The first-order chi connectivity index (χ1) is 13.2. The Morgan fingerprint density at radius 1 is 0.593 bits per heavy atom. The van der Waals surface area contributed by atoms with Gasteiger partial charge in [0.25, 0.3) is 0 Å². The van der Waals surface area contributed by atoms with Crippen LogP contribution in [0.25, 0.3) is 0 Å². The molecule has 4 heteroatoms. The van der Waals surface area contributed by atoms with Crippen LogP contribution in [0.15, 0.2) is 66.7 Å². The van der Waals surface area contributed by atoms with Gasteiger partial charge in [-0.1, -0.05) is 30.3 Å². The standard InChI is InChI=1S/C23H26N2O2/c1-24-19-10-5-16(6-11-19)23(17-7-12-20(25-2)13-8-17)18-9-14-21(26-3)22(15-18)27-4/h5-15,23-25H,1-4H3. The summed E-state index contributed by atoms with van der Waals surface area (Å²) in [5.74, 6) is 1.57. The lowest BCUT2D eigenvalue weighted by atomic mass is 9.85. The fourth-order valence-corrected chi connectivity index (χ4v) is 3.29. The Labute approximate surface area is 161 Å². The first kappa shape index (κ1) is 18.6. The molecule has 0 spiro atoms. The number of anilines is 2. The summed E-state index contributed by atoms with van der Waals surface area (Å²) in [7, 11) is 7.18. The lowest BCUT2D eigenvalue weighted by Gasteiger charge is -2.21. The molecule has 0 aliphatic heterocycles. The molecule has 0 bridgehead atoms. The molecule has 0 aromatic heterocycles. The van der Waals surface area contributed by atoms with E-state index in [1.54, 1.807) is 14.2 Å². The Morgan fingerprint density at radius 2 is 1.04 bits per heavy atom. The van der Waals surface area contributed by atoms with E-state index < -0.39 is 0 Å². The quantitative estimate of drug-likeness (QED) is 0.583. The first-order valence-corrected chi connectivity index (χ1v) is 8.97. The van der Waals surface area contributed by atoms with Crippen molar-refractivity contribution in [1.82, 2.24) is 0 Å². The SMILES string of the molecule is CNc1ccc(C(c2ccc(NC)cc2)c2ccc(OC)c(OC)c2)cc1. The van der Waals surface area contributed by atoms with Crippen LogP contribution in [0.1, 0.15) is 22.6 Å². The summed E-state index contributed by atoms with van der Waals surface area (Å²) in [5.41, 5.74) is 5.78. The normalized spacial score (nSPS) is 10.6. The second-order valence-corrected chi connectivity index (χ2v) is 6.29. The van der Waals surface area contributed by atoms with Gasteiger partial charge < -0.3 is 20.1 Å². The predicted octanol–water partition coefficient (Wildman–Crippen LogP) is 4.97. The van der Waals surface area contributed by atoms with Gasteiger partial charge in [0, 0.05) is 31.4 Å². The van der Waals surface area contributed by atoms with Crippen molar-refractivity contribution in [2.45, 2.75) is 5.92 Å². The van der Waals surface area contributed by atoms with E-state index in [2.05, 4.69) is 71.3 Å². The molecule has 27 heavy (non-hydrogen) atoms. The van der Waals surface area contributed by atoms with Crippen LogP contribution in [-0.4, -0.2) is 28.3 Å². The fourth-order valence-electron chi connectivity index (χ4n) is 3.29. The van der Waals surface area contributed by atoms with Crippen LogP contribution in [0, 0.1) is 0 Å². The van der Waals surface area contributed by atoms with Gasteiger partial charge in [0.05, 0.1) is 14.2 Å². The van der Waals surface area contributed by atoms with Gasteiger partial charge in [0.2, 0.25) is 0 Å². The van der Waals surface area contributed by atoms with Crippen molar-refractivity contribution in [3.8, 4) is 11.5 Å². The molecule has 0 radical (unpaired) electrons. The second-order valence-electron chi connectivity index (χ2n) is 6.29. The number of nitrogens with one attached hydrogen (secondary N) is 2. The Kier molecular flexibility index (Phi) is 5.87. The van der Waals surface area contributed by atoms with Crippen LogP contribution >= 0.6 is 0 Å². The van der Waals surface area contributed by atoms with Crippen LogP contribution < -0.4 is 20.1 Å². The minimum absolute atomic E-state index is 0.0987. The van der Waals surface area contributed by atoms with Gasteiger partial charge in [-0.2, -0.15) is 0 Å². The molecule has 140 valence electrons. The summed E-state index contributed by atoms with van der Waals surface area (Å²) in [5, 5.41) is 6.35. The van der Waals surface area contributed by atoms with Crippen LogP contribution in [0.4, 0.5) is 11.4 Å². The summed E-state index contributed by atoms with van der Waals surface area (Å²) in [6.45, 7) is 0. The highest BCUT2D eigenvalue weighted by Crippen LogP contribution is 2.37. The highest BCUT2D eigenvalue weighted by Gasteiger charge is 2.19. The molecule has 0 saturated heterocycles. The highest BCUT2D eigenvalue weighted by molar-refractivity contribution is 5.54. The van der Waals surface area contributed by atoms with Crippen molar-refractivity contribution in [2.75, 3.05) is 38.9 Å². The summed E-state index contributed by atoms with van der Waals surface area (Å²) >= 11 is 0. The first-order valence-electron chi connectivity index (χ1n) is 8.97. The predicted molar refractivity (Wildman–Crippen MR) is 112 cm³/mol.